The molecule has 4 nitrogen and oxygen atoms in total. The SMILES string of the molecule is CC(C)NCCNS(=O)(=O)c1ccc(Cl)cc1. The number of nitrogens with one attached hydrogen (secondary N) is 2. The second-order valence-electron chi connectivity index (χ2n) is 3.96. The molecule has 0 bridgehead atoms. The summed E-state index contributed by atoms with van der Waals surface area (Å²) >= 11 is 5.70. The van der Waals surface area contributed by atoms with E-state index in [2.05, 4.69) is 10.0 Å². The van der Waals surface area contributed by atoms with Gasteiger partial charge < -0.3 is 5.32 Å². The number of hydrogen-bond acceptors (Lipinski definition) is 3. The number of hydrogen-bond donors (Lipinski definition) is 2. The molecule has 0 atom stereocenters. The molecular formula is C11H17ClN2O2S. The molecule has 0 aliphatic heterocycles. The Kier molecular flexibility index (Phi) is 5.39. The van der Waals surface area contributed by atoms with Gasteiger partial charge in [0.1, 0.15) is 0 Å². The largest absolute Gasteiger partial charge is 0.313 e. The third kappa shape index (κ3) is 5.04. The molecule has 0 saturated heterocycles. The lowest BCUT2D eigenvalue weighted by atomic mass is 10.4. The first-order valence-electron chi connectivity index (χ1n) is 5.40. The van der Waals surface area contributed by atoms with Crippen molar-refractivity contribution in [3.63, 3.8) is 0 Å². The minimum Gasteiger partial charge on any atom is -0.313 e. The van der Waals surface area contributed by atoms with Crippen molar-refractivity contribution >= 4 is 21.6 Å². The van der Waals surface area contributed by atoms with E-state index < -0.39 is 10.0 Å². The van der Waals surface area contributed by atoms with Crippen LogP contribution in [0.5, 0.6) is 0 Å². The maximum absolute atomic E-state index is 11.8. The normalized spacial score (nSPS) is 12.0. The van der Waals surface area contributed by atoms with E-state index in [-0.39, 0.29) is 4.90 Å². The van der Waals surface area contributed by atoms with Crippen molar-refractivity contribution in [2.45, 2.75) is 24.8 Å². The zero-order valence-electron chi connectivity index (χ0n) is 9.90. The molecule has 0 unspecified atom stereocenters. The van der Waals surface area contributed by atoms with Crippen LogP contribution in [0.2, 0.25) is 5.02 Å². The molecule has 0 aromatic heterocycles. The van der Waals surface area contributed by atoms with Gasteiger partial charge >= 0.3 is 0 Å². The van der Waals surface area contributed by atoms with E-state index in [1.807, 2.05) is 13.8 Å². The summed E-state index contributed by atoms with van der Waals surface area (Å²) in [6.07, 6.45) is 0. The molecule has 0 aliphatic carbocycles. The Balaban J connectivity index is 2.54. The molecule has 96 valence electrons. The van der Waals surface area contributed by atoms with Crippen LogP contribution < -0.4 is 10.0 Å². The third-order valence-corrected chi connectivity index (χ3v) is 3.82. The summed E-state index contributed by atoms with van der Waals surface area (Å²) in [5.74, 6) is 0. The van der Waals surface area contributed by atoms with E-state index in [1.54, 1.807) is 12.1 Å². The zero-order valence-corrected chi connectivity index (χ0v) is 11.5. The van der Waals surface area contributed by atoms with Crippen LogP contribution in [0.1, 0.15) is 13.8 Å². The predicted molar refractivity (Wildman–Crippen MR) is 69.8 cm³/mol. The van der Waals surface area contributed by atoms with Gasteiger partial charge in [-0.25, -0.2) is 13.1 Å². The summed E-state index contributed by atoms with van der Waals surface area (Å²) < 4.78 is 26.1. The van der Waals surface area contributed by atoms with Crippen molar-refractivity contribution in [3.8, 4) is 0 Å². The highest BCUT2D eigenvalue weighted by Crippen LogP contribution is 2.13. The van der Waals surface area contributed by atoms with Crippen molar-refractivity contribution in [2.24, 2.45) is 0 Å². The van der Waals surface area contributed by atoms with Crippen LogP contribution in [0.25, 0.3) is 0 Å². The average Bonchev–Trinajstić information content (AvgIpc) is 2.25. The Morgan fingerprint density at radius 3 is 2.29 bits per heavy atom. The van der Waals surface area contributed by atoms with Crippen molar-refractivity contribution < 1.29 is 8.42 Å². The van der Waals surface area contributed by atoms with Gasteiger partial charge in [0.2, 0.25) is 10.0 Å². The van der Waals surface area contributed by atoms with Gasteiger partial charge in [0.15, 0.2) is 0 Å². The lowest BCUT2D eigenvalue weighted by molar-refractivity contribution is 0.559. The van der Waals surface area contributed by atoms with Crippen LogP contribution in [-0.4, -0.2) is 27.5 Å². The zero-order chi connectivity index (χ0) is 12.9. The first kappa shape index (κ1) is 14.4. The van der Waals surface area contributed by atoms with Crippen LogP contribution in [-0.2, 0) is 10.0 Å². The van der Waals surface area contributed by atoms with E-state index >= 15 is 0 Å². The highest BCUT2D eigenvalue weighted by Gasteiger charge is 2.12. The van der Waals surface area contributed by atoms with Crippen molar-refractivity contribution in [1.29, 1.82) is 0 Å². The maximum atomic E-state index is 11.8. The Morgan fingerprint density at radius 2 is 1.76 bits per heavy atom. The monoisotopic (exact) mass is 276 g/mol. The van der Waals surface area contributed by atoms with Gasteiger partial charge in [0.05, 0.1) is 4.90 Å². The molecule has 6 heteroatoms. The molecule has 0 fully saturated rings. The lowest BCUT2D eigenvalue weighted by Crippen LogP contribution is -2.34. The molecule has 1 rings (SSSR count). The fourth-order valence-electron chi connectivity index (χ4n) is 1.24. The number of rotatable bonds is 6. The molecule has 0 amide bonds. The van der Waals surface area contributed by atoms with Gasteiger partial charge in [-0.05, 0) is 24.3 Å². The molecule has 0 aliphatic rings. The van der Waals surface area contributed by atoms with E-state index in [0.29, 0.717) is 24.2 Å². The van der Waals surface area contributed by atoms with Crippen LogP contribution in [0.4, 0.5) is 0 Å². The highest BCUT2D eigenvalue weighted by atomic mass is 35.5. The van der Waals surface area contributed by atoms with Gasteiger partial charge in [-0.2, -0.15) is 0 Å². The molecule has 0 radical (unpaired) electrons. The number of benzene rings is 1. The second-order valence-corrected chi connectivity index (χ2v) is 6.16. The molecule has 0 heterocycles. The van der Waals surface area contributed by atoms with Crippen LogP contribution >= 0.6 is 11.6 Å². The lowest BCUT2D eigenvalue weighted by Gasteiger charge is -2.09. The number of sulfonamides is 1. The summed E-state index contributed by atoms with van der Waals surface area (Å²) in [5.41, 5.74) is 0. The molecular weight excluding hydrogens is 260 g/mol. The molecule has 0 saturated carbocycles. The third-order valence-electron chi connectivity index (χ3n) is 2.09. The Bertz CT molecular complexity index is 443. The number of halogens is 1. The van der Waals surface area contributed by atoms with Gasteiger partial charge in [0, 0.05) is 24.2 Å². The minimum absolute atomic E-state index is 0.228. The van der Waals surface area contributed by atoms with Crippen molar-refractivity contribution in [1.82, 2.24) is 10.0 Å². The molecule has 0 spiro atoms. The summed E-state index contributed by atoms with van der Waals surface area (Å²) in [5, 5.41) is 3.65. The van der Waals surface area contributed by atoms with E-state index in [9.17, 15) is 8.42 Å². The first-order valence-corrected chi connectivity index (χ1v) is 7.26. The molecule has 17 heavy (non-hydrogen) atoms. The maximum Gasteiger partial charge on any atom is 0.240 e. The average molecular weight is 277 g/mol. The minimum atomic E-state index is -3.42. The summed E-state index contributed by atoms with van der Waals surface area (Å²) in [4.78, 5) is 0.228. The van der Waals surface area contributed by atoms with Crippen LogP contribution in [0.3, 0.4) is 0 Å². The Morgan fingerprint density at radius 1 is 1.18 bits per heavy atom. The van der Waals surface area contributed by atoms with Crippen LogP contribution in [0, 0.1) is 0 Å². The standard InChI is InChI=1S/C11H17ClN2O2S/c1-9(2)13-7-8-14-17(15,16)11-5-3-10(12)4-6-11/h3-6,9,13-14H,7-8H2,1-2H3. The first-order chi connectivity index (χ1) is 7.92. The topological polar surface area (TPSA) is 58.2 Å². The van der Waals surface area contributed by atoms with Crippen LogP contribution in [0.15, 0.2) is 29.2 Å². The van der Waals surface area contributed by atoms with Gasteiger partial charge in [-0.15, -0.1) is 0 Å². The van der Waals surface area contributed by atoms with Gasteiger partial charge in [-0.3, -0.25) is 0 Å². The van der Waals surface area contributed by atoms with Gasteiger partial charge in [-0.1, -0.05) is 25.4 Å². The van der Waals surface area contributed by atoms with E-state index in [4.69, 9.17) is 11.6 Å². The molecule has 2 N–H and O–H groups in total. The fourth-order valence-corrected chi connectivity index (χ4v) is 2.40. The summed E-state index contributed by atoms with van der Waals surface area (Å²) in [6, 6.07) is 6.43. The fraction of sp³-hybridized carbons (Fsp3) is 0.455. The summed E-state index contributed by atoms with van der Waals surface area (Å²) in [6.45, 7) is 4.98. The van der Waals surface area contributed by atoms with Crippen molar-refractivity contribution in [3.05, 3.63) is 29.3 Å². The summed E-state index contributed by atoms with van der Waals surface area (Å²) in [7, 11) is -3.42. The van der Waals surface area contributed by atoms with E-state index in [0.717, 1.165) is 0 Å². The predicted octanol–water partition coefficient (Wildman–Crippen LogP) is 1.62. The molecule has 1 aromatic carbocycles. The second kappa shape index (κ2) is 6.35. The highest BCUT2D eigenvalue weighted by molar-refractivity contribution is 7.89. The smallest absolute Gasteiger partial charge is 0.240 e. The quantitative estimate of drug-likeness (QED) is 0.776. The molecule has 1 aromatic rings. The Labute approximate surface area is 107 Å². The van der Waals surface area contributed by atoms with E-state index in [1.165, 1.54) is 12.1 Å². The Hall–Kier alpha value is -0.620. The van der Waals surface area contributed by atoms with Crippen molar-refractivity contribution in [2.75, 3.05) is 13.1 Å². The van der Waals surface area contributed by atoms with Gasteiger partial charge in [0.25, 0.3) is 0 Å².